The number of benzene rings is 1. The molecule has 0 atom stereocenters. The lowest BCUT2D eigenvalue weighted by molar-refractivity contribution is 0.277. The maximum absolute atomic E-state index is 10.5. The highest BCUT2D eigenvalue weighted by atomic mass is 31.2. The van der Waals surface area contributed by atoms with Crippen LogP contribution in [0.5, 0.6) is 11.5 Å². The van der Waals surface area contributed by atoms with Crippen LogP contribution in [0.15, 0.2) is 18.2 Å². The average molecular weight is 204 g/mol. The second-order valence-electron chi connectivity index (χ2n) is 2.51. The van der Waals surface area contributed by atoms with Crippen LogP contribution < -0.4 is 4.52 Å². The van der Waals surface area contributed by atoms with Crippen molar-refractivity contribution in [1.82, 2.24) is 0 Å². The zero-order valence-corrected chi connectivity index (χ0v) is 7.73. The Morgan fingerprint density at radius 1 is 1.38 bits per heavy atom. The van der Waals surface area contributed by atoms with Gasteiger partial charge in [0, 0.05) is 0 Å². The number of para-hydroxylation sites is 1. The van der Waals surface area contributed by atoms with Gasteiger partial charge in [0.15, 0.2) is 11.5 Å². The van der Waals surface area contributed by atoms with Gasteiger partial charge < -0.3 is 9.63 Å². The molecule has 6 heteroatoms. The van der Waals surface area contributed by atoms with E-state index in [1.807, 2.05) is 0 Å². The number of phenolic OH excluding ortho intramolecular Hbond substituents is 1. The molecule has 1 aromatic carbocycles. The molecule has 0 aliphatic rings. The van der Waals surface area contributed by atoms with Gasteiger partial charge in [0.1, 0.15) is 0 Å². The predicted octanol–water partition coefficient (Wildman–Crippen LogP) is 1.17. The molecule has 0 unspecified atom stereocenters. The number of hydrogen-bond acceptors (Lipinski definition) is 3. The van der Waals surface area contributed by atoms with Crippen molar-refractivity contribution in [2.45, 2.75) is 6.92 Å². The lowest BCUT2D eigenvalue weighted by Crippen LogP contribution is -1.92. The second kappa shape index (κ2) is 3.38. The van der Waals surface area contributed by atoms with Gasteiger partial charge in [-0.3, -0.25) is 9.79 Å². The molecule has 0 spiro atoms. The quantitative estimate of drug-likeness (QED) is 0.629. The fourth-order valence-corrected chi connectivity index (χ4v) is 1.35. The molecule has 0 fully saturated rings. The van der Waals surface area contributed by atoms with Gasteiger partial charge in [-0.05, 0) is 18.6 Å². The second-order valence-corrected chi connectivity index (χ2v) is 3.67. The fourth-order valence-electron chi connectivity index (χ4n) is 0.875. The molecule has 0 bridgehead atoms. The van der Waals surface area contributed by atoms with Crippen molar-refractivity contribution in [1.29, 1.82) is 0 Å². The molecule has 0 amide bonds. The van der Waals surface area contributed by atoms with Crippen molar-refractivity contribution < 1.29 is 24.0 Å². The Bertz CT molecular complexity index is 336. The standard InChI is InChI=1S/C7H9O5P/c1-5-3-2-4-6(8)7(5)12-13(9,10)11/h2-4,8H,1H3,(H2,9,10,11). The Kier molecular flexibility index (Phi) is 2.61. The molecular formula is C7H9O5P. The highest BCUT2D eigenvalue weighted by Gasteiger charge is 2.19. The molecule has 0 heterocycles. The van der Waals surface area contributed by atoms with Crippen molar-refractivity contribution in [2.75, 3.05) is 0 Å². The number of phosphoric acid groups is 1. The molecule has 1 aromatic rings. The Morgan fingerprint density at radius 2 is 2.00 bits per heavy atom. The zero-order chi connectivity index (χ0) is 10.1. The minimum atomic E-state index is -4.60. The van der Waals surface area contributed by atoms with E-state index in [0.717, 1.165) is 0 Å². The van der Waals surface area contributed by atoms with Crippen LogP contribution in [0.2, 0.25) is 0 Å². The van der Waals surface area contributed by atoms with Crippen LogP contribution in [-0.2, 0) is 4.57 Å². The first kappa shape index (κ1) is 10.1. The Balaban J connectivity index is 3.07. The first-order chi connectivity index (χ1) is 5.90. The van der Waals surface area contributed by atoms with Gasteiger partial charge in [-0.1, -0.05) is 12.1 Å². The summed E-state index contributed by atoms with van der Waals surface area (Å²) in [6.07, 6.45) is 0. The van der Waals surface area contributed by atoms with E-state index < -0.39 is 7.82 Å². The fraction of sp³-hybridized carbons (Fsp3) is 0.143. The van der Waals surface area contributed by atoms with Crippen LogP contribution >= 0.6 is 7.82 Å². The largest absolute Gasteiger partial charge is 0.524 e. The van der Waals surface area contributed by atoms with Crippen molar-refractivity contribution in [3.05, 3.63) is 23.8 Å². The molecule has 0 aromatic heterocycles. The minimum absolute atomic E-state index is 0.184. The van der Waals surface area contributed by atoms with Crippen LogP contribution in [0, 0.1) is 6.92 Å². The molecule has 0 aliphatic heterocycles. The Labute approximate surface area is 74.8 Å². The summed E-state index contributed by atoms with van der Waals surface area (Å²) in [6, 6.07) is 4.42. The number of aryl methyl sites for hydroxylation is 1. The van der Waals surface area contributed by atoms with E-state index in [4.69, 9.17) is 9.79 Å². The van der Waals surface area contributed by atoms with E-state index in [-0.39, 0.29) is 11.5 Å². The van der Waals surface area contributed by atoms with Crippen molar-refractivity contribution in [2.24, 2.45) is 0 Å². The molecule has 3 N–H and O–H groups in total. The third kappa shape index (κ3) is 2.73. The topological polar surface area (TPSA) is 87.0 Å². The highest BCUT2D eigenvalue weighted by Crippen LogP contribution is 2.42. The summed E-state index contributed by atoms with van der Waals surface area (Å²) < 4.78 is 14.7. The number of phosphoric ester groups is 1. The van der Waals surface area contributed by atoms with Gasteiger partial charge in [-0.2, -0.15) is 0 Å². The predicted molar refractivity (Wildman–Crippen MR) is 45.5 cm³/mol. The van der Waals surface area contributed by atoms with Crippen LogP contribution in [0.4, 0.5) is 0 Å². The summed E-state index contributed by atoms with van der Waals surface area (Å²) in [4.78, 5) is 17.0. The third-order valence-corrected chi connectivity index (χ3v) is 1.82. The summed E-state index contributed by atoms with van der Waals surface area (Å²) in [5.41, 5.74) is 0.461. The monoisotopic (exact) mass is 204 g/mol. The van der Waals surface area contributed by atoms with E-state index in [1.165, 1.54) is 6.07 Å². The van der Waals surface area contributed by atoms with Crippen molar-refractivity contribution in [3.8, 4) is 11.5 Å². The highest BCUT2D eigenvalue weighted by molar-refractivity contribution is 7.46. The first-order valence-electron chi connectivity index (χ1n) is 3.44. The first-order valence-corrected chi connectivity index (χ1v) is 4.97. The van der Waals surface area contributed by atoms with E-state index in [2.05, 4.69) is 4.52 Å². The summed E-state index contributed by atoms with van der Waals surface area (Å²) in [6.45, 7) is 1.57. The maximum Gasteiger partial charge on any atom is 0.524 e. The zero-order valence-electron chi connectivity index (χ0n) is 6.84. The van der Waals surface area contributed by atoms with Crippen LogP contribution in [0.1, 0.15) is 5.56 Å². The number of rotatable bonds is 2. The lowest BCUT2D eigenvalue weighted by Gasteiger charge is -2.10. The number of phenols is 1. The van der Waals surface area contributed by atoms with Gasteiger partial charge in [-0.25, -0.2) is 4.57 Å². The Morgan fingerprint density at radius 3 is 2.46 bits per heavy atom. The molecule has 72 valence electrons. The Hall–Kier alpha value is -1.03. The van der Waals surface area contributed by atoms with Crippen molar-refractivity contribution in [3.63, 3.8) is 0 Å². The molecule has 0 radical (unpaired) electrons. The maximum atomic E-state index is 10.5. The summed E-state index contributed by atoms with van der Waals surface area (Å²) in [5.74, 6) is -0.473. The molecule has 0 saturated carbocycles. The molecule has 0 saturated heterocycles. The number of hydrogen-bond donors (Lipinski definition) is 3. The van der Waals surface area contributed by atoms with Gasteiger partial charge in [0.05, 0.1) is 0 Å². The van der Waals surface area contributed by atoms with Gasteiger partial charge in [0.25, 0.3) is 0 Å². The van der Waals surface area contributed by atoms with Crippen LogP contribution in [0.25, 0.3) is 0 Å². The SMILES string of the molecule is Cc1cccc(O)c1OP(=O)(O)O. The van der Waals surface area contributed by atoms with Crippen molar-refractivity contribution >= 4 is 7.82 Å². The summed E-state index contributed by atoms with van der Waals surface area (Å²) >= 11 is 0. The minimum Gasteiger partial charge on any atom is -0.504 e. The van der Waals surface area contributed by atoms with Gasteiger partial charge >= 0.3 is 7.82 Å². The van der Waals surface area contributed by atoms with E-state index in [0.29, 0.717) is 5.56 Å². The normalized spacial score (nSPS) is 11.3. The third-order valence-electron chi connectivity index (χ3n) is 1.40. The summed E-state index contributed by atoms with van der Waals surface area (Å²) in [5, 5.41) is 9.19. The van der Waals surface area contributed by atoms with E-state index in [9.17, 15) is 9.67 Å². The van der Waals surface area contributed by atoms with Gasteiger partial charge in [-0.15, -0.1) is 0 Å². The van der Waals surface area contributed by atoms with E-state index in [1.54, 1.807) is 19.1 Å². The van der Waals surface area contributed by atoms with E-state index >= 15 is 0 Å². The molecular weight excluding hydrogens is 195 g/mol. The molecule has 1 rings (SSSR count). The van der Waals surface area contributed by atoms with Gasteiger partial charge in [0.2, 0.25) is 0 Å². The van der Waals surface area contributed by atoms with Crippen LogP contribution in [-0.4, -0.2) is 14.9 Å². The van der Waals surface area contributed by atoms with Crippen LogP contribution in [0.3, 0.4) is 0 Å². The average Bonchev–Trinajstić information content (AvgIpc) is 1.95. The number of aromatic hydroxyl groups is 1. The molecule has 5 nitrogen and oxygen atoms in total. The molecule has 0 aliphatic carbocycles. The summed E-state index contributed by atoms with van der Waals surface area (Å²) in [7, 11) is -4.60. The lowest BCUT2D eigenvalue weighted by atomic mass is 10.2. The molecule has 13 heavy (non-hydrogen) atoms. The smallest absolute Gasteiger partial charge is 0.504 e.